The van der Waals surface area contributed by atoms with Crippen molar-refractivity contribution in [3.05, 3.63) is 65.7 Å². The predicted molar refractivity (Wildman–Crippen MR) is 106 cm³/mol. The van der Waals surface area contributed by atoms with E-state index in [4.69, 9.17) is 4.74 Å². The summed E-state index contributed by atoms with van der Waals surface area (Å²) < 4.78 is 5.21. The predicted octanol–water partition coefficient (Wildman–Crippen LogP) is 2.33. The number of rotatable bonds is 7. The first-order valence-corrected chi connectivity index (χ1v) is 9.33. The number of likely N-dealkylation sites (tertiary alicyclic amines) is 1. The molecule has 27 heavy (non-hydrogen) atoms. The summed E-state index contributed by atoms with van der Waals surface area (Å²) in [5, 5.41) is 11.0. The Morgan fingerprint density at radius 2 is 1.93 bits per heavy atom. The van der Waals surface area contributed by atoms with Gasteiger partial charge in [-0.2, -0.15) is 0 Å². The van der Waals surface area contributed by atoms with Crippen LogP contribution in [0.4, 0.5) is 0 Å². The number of methoxy groups -OCH3 is 1. The second-order valence-electron chi connectivity index (χ2n) is 7.45. The third kappa shape index (κ3) is 5.31. The van der Waals surface area contributed by atoms with Gasteiger partial charge < -0.3 is 14.7 Å². The molecule has 0 bridgehead atoms. The molecule has 1 atom stereocenters. The molecule has 1 heterocycles. The van der Waals surface area contributed by atoms with Gasteiger partial charge in [-0.15, -0.1) is 0 Å². The molecular weight excluding hydrogens is 340 g/mol. The maximum atomic E-state index is 12.6. The van der Waals surface area contributed by atoms with Crippen molar-refractivity contribution in [1.29, 1.82) is 0 Å². The Kier molecular flexibility index (Phi) is 6.14. The number of aliphatic hydroxyl groups is 1. The number of carbonyl (C=O) groups is 1. The largest absolute Gasteiger partial charge is 0.497 e. The summed E-state index contributed by atoms with van der Waals surface area (Å²) in [6, 6.07) is 17.8. The summed E-state index contributed by atoms with van der Waals surface area (Å²) in [5.74, 6) is 0.743. The number of nitrogens with zero attached hydrogens (tertiary/aromatic N) is 2. The molecule has 5 heteroatoms. The number of benzene rings is 2. The minimum atomic E-state index is -0.854. The van der Waals surface area contributed by atoms with Crippen molar-refractivity contribution in [1.82, 2.24) is 9.80 Å². The lowest BCUT2D eigenvalue weighted by Crippen LogP contribution is -2.46. The Morgan fingerprint density at radius 3 is 2.67 bits per heavy atom. The first kappa shape index (κ1) is 19.4. The third-order valence-electron chi connectivity index (χ3n) is 5.11. The number of amides is 1. The van der Waals surface area contributed by atoms with E-state index in [1.165, 1.54) is 5.56 Å². The van der Waals surface area contributed by atoms with Crippen LogP contribution >= 0.6 is 0 Å². The average Bonchev–Trinajstić information content (AvgIpc) is 3.02. The fourth-order valence-electron chi connectivity index (χ4n) is 3.67. The monoisotopic (exact) mass is 368 g/mol. The van der Waals surface area contributed by atoms with E-state index < -0.39 is 5.60 Å². The highest BCUT2D eigenvalue weighted by molar-refractivity contribution is 5.78. The molecule has 1 aliphatic heterocycles. The van der Waals surface area contributed by atoms with Crippen molar-refractivity contribution >= 4 is 5.91 Å². The van der Waals surface area contributed by atoms with Crippen LogP contribution in [0.3, 0.4) is 0 Å². The molecule has 2 aromatic carbocycles. The maximum absolute atomic E-state index is 12.6. The van der Waals surface area contributed by atoms with Crippen molar-refractivity contribution in [2.75, 3.05) is 33.8 Å². The van der Waals surface area contributed by atoms with Crippen LogP contribution in [0.2, 0.25) is 0 Å². The summed E-state index contributed by atoms with van der Waals surface area (Å²) in [6.07, 6.45) is 0.980. The van der Waals surface area contributed by atoms with Crippen molar-refractivity contribution in [2.45, 2.75) is 25.0 Å². The van der Waals surface area contributed by atoms with Crippen molar-refractivity contribution < 1.29 is 14.6 Å². The quantitative estimate of drug-likeness (QED) is 0.815. The van der Waals surface area contributed by atoms with Crippen molar-refractivity contribution in [3.63, 3.8) is 0 Å². The fourth-order valence-corrected chi connectivity index (χ4v) is 3.67. The standard InChI is InChI=1S/C22H28N2O3/c1-23(21(25)14-19-9-6-10-20(13-19)27-2)16-22(26)11-12-24(17-22)15-18-7-4-3-5-8-18/h3-10,13,26H,11-12,14-17H2,1-2H3. The van der Waals surface area contributed by atoms with Gasteiger partial charge in [-0.3, -0.25) is 9.69 Å². The van der Waals surface area contributed by atoms with Crippen molar-refractivity contribution in [3.8, 4) is 5.75 Å². The summed E-state index contributed by atoms with van der Waals surface area (Å²) in [7, 11) is 3.38. The first-order valence-electron chi connectivity index (χ1n) is 9.33. The molecule has 3 rings (SSSR count). The maximum Gasteiger partial charge on any atom is 0.226 e. The van der Waals surface area contributed by atoms with Crippen LogP contribution in [0.1, 0.15) is 17.5 Å². The van der Waals surface area contributed by atoms with Crippen LogP contribution < -0.4 is 4.74 Å². The lowest BCUT2D eigenvalue weighted by atomic mass is 10.0. The Bertz CT molecular complexity index is 765. The minimum absolute atomic E-state index is 0.00168. The third-order valence-corrected chi connectivity index (χ3v) is 5.11. The van der Waals surface area contributed by atoms with E-state index in [0.717, 1.165) is 24.4 Å². The first-order chi connectivity index (χ1) is 13.0. The second-order valence-corrected chi connectivity index (χ2v) is 7.45. The number of likely N-dealkylation sites (N-methyl/N-ethyl adjacent to an activating group) is 1. The van der Waals surface area contributed by atoms with Gasteiger partial charge in [-0.25, -0.2) is 0 Å². The van der Waals surface area contributed by atoms with Gasteiger partial charge in [0.15, 0.2) is 0 Å². The molecule has 0 saturated carbocycles. The normalized spacial score (nSPS) is 19.8. The second kappa shape index (κ2) is 8.55. The molecule has 1 saturated heterocycles. The van der Waals surface area contributed by atoms with E-state index in [-0.39, 0.29) is 5.91 Å². The van der Waals surface area contributed by atoms with E-state index in [1.807, 2.05) is 42.5 Å². The fraction of sp³-hybridized carbons (Fsp3) is 0.409. The zero-order valence-electron chi connectivity index (χ0n) is 16.1. The van der Waals surface area contributed by atoms with Gasteiger partial charge in [0.25, 0.3) is 0 Å². The Labute approximate surface area is 161 Å². The Balaban J connectivity index is 1.53. The molecule has 144 valence electrons. The van der Waals surface area contributed by atoms with Crippen LogP contribution in [0.5, 0.6) is 5.75 Å². The van der Waals surface area contributed by atoms with E-state index in [1.54, 1.807) is 19.1 Å². The summed E-state index contributed by atoms with van der Waals surface area (Å²) >= 11 is 0. The van der Waals surface area contributed by atoms with Gasteiger partial charge in [-0.05, 0) is 29.7 Å². The molecule has 0 spiro atoms. The van der Waals surface area contributed by atoms with Crippen LogP contribution in [-0.4, -0.2) is 60.2 Å². The van der Waals surface area contributed by atoms with E-state index in [9.17, 15) is 9.90 Å². The summed E-state index contributed by atoms with van der Waals surface area (Å²) in [5.41, 5.74) is 1.30. The zero-order valence-corrected chi connectivity index (χ0v) is 16.1. The molecule has 1 amide bonds. The van der Waals surface area contributed by atoms with E-state index in [0.29, 0.717) is 25.9 Å². The van der Waals surface area contributed by atoms with Crippen LogP contribution in [0.25, 0.3) is 0 Å². The molecule has 1 fully saturated rings. The highest BCUT2D eigenvalue weighted by atomic mass is 16.5. The van der Waals surface area contributed by atoms with Crippen LogP contribution in [0.15, 0.2) is 54.6 Å². The highest BCUT2D eigenvalue weighted by Crippen LogP contribution is 2.24. The van der Waals surface area contributed by atoms with Gasteiger partial charge in [0, 0.05) is 26.7 Å². The van der Waals surface area contributed by atoms with Gasteiger partial charge in [0.1, 0.15) is 5.75 Å². The lowest BCUT2D eigenvalue weighted by molar-refractivity contribution is -0.132. The molecule has 1 unspecified atom stereocenters. The van der Waals surface area contributed by atoms with E-state index >= 15 is 0 Å². The molecule has 0 radical (unpaired) electrons. The smallest absolute Gasteiger partial charge is 0.226 e. The van der Waals surface area contributed by atoms with Gasteiger partial charge in [-0.1, -0.05) is 42.5 Å². The number of hydrogen-bond acceptors (Lipinski definition) is 4. The highest BCUT2D eigenvalue weighted by Gasteiger charge is 2.37. The van der Waals surface area contributed by atoms with E-state index in [2.05, 4.69) is 17.0 Å². The minimum Gasteiger partial charge on any atom is -0.497 e. The number of β-amino-alcohol motifs (C(OH)–C–C–N with tert-alkyl or cyclic N) is 1. The molecule has 1 N–H and O–H groups in total. The molecule has 0 aromatic heterocycles. The van der Waals surface area contributed by atoms with Gasteiger partial charge in [0.05, 0.1) is 25.7 Å². The van der Waals surface area contributed by atoms with Crippen molar-refractivity contribution in [2.24, 2.45) is 0 Å². The number of ether oxygens (including phenoxy) is 1. The molecule has 5 nitrogen and oxygen atoms in total. The SMILES string of the molecule is COc1cccc(CC(=O)N(C)CC2(O)CCN(Cc3ccccc3)C2)c1. The summed E-state index contributed by atoms with van der Waals surface area (Å²) in [4.78, 5) is 16.5. The molecular formula is C22H28N2O3. The van der Waals surface area contributed by atoms with Crippen LogP contribution in [-0.2, 0) is 17.8 Å². The zero-order chi connectivity index (χ0) is 19.3. The lowest BCUT2D eigenvalue weighted by Gasteiger charge is -2.29. The number of carbonyl (C=O) groups excluding carboxylic acids is 1. The Morgan fingerprint density at radius 1 is 1.19 bits per heavy atom. The average molecular weight is 368 g/mol. The van der Waals surface area contributed by atoms with Crippen LogP contribution in [0, 0.1) is 0 Å². The topological polar surface area (TPSA) is 53.0 Å². The molecule has 2 aromatic rings. The van der Waals surface area contributed by atoms with Gasteiger partial charge >= 0.3 is 0 Å². The Hall–Kier alpha value is -2.37. The number of hydrogen-bond donors (Lipinski definition) is 1. The summed E-state index contributed by atoms with van der Waals surface area (Å²) in [6.45, 7) is 2.59. The van der Waals surface area contributed by atoms with Gasteiger partial charge in [0.2, 0.25) is 5.91 Å². The molecule has 0 aliphatic carbocycles. The molecule has 1 aliphatic rings.